The van der Waals surface area contributed by atoms with Gasteiger partial charge in [0.25, 0.3) is 17.3 Å². The Morgan fingerprint density at radius 3 is 2.59 bits per heavy atom. The van der Waals surface area contributed by atoms with Crippen LogP contribution in [0.4, 0.5) is 11.4 Å². The molecular weight excluding hydrogens is 456 g/mol. The number of carbonyl (C=O) groups is 1. The number of hydrazone groups is 1. The van der Waals surface area contributed by atoms with Crippen LogP contribution in [0.25, 0.3) is 0 Å². The predicted octanol–water partition coefficient (Wildman–Crippen LogP) is 2.52. The first-order valence-corrected chi connectivity index (χ1v) is 8.61. The molecule has 1 amide bonds. The molecule has 0 aromatic heterocycles. The second-order valence-corrected chi connectivity index (χ2v) is 6.33. The van der Waals surface area contributed by atoms with Crippen molar-refractivity contribution < 1.29 is 28.9 Å². The van der Waals surface area contributed by atoms with E-state index in [-0.39, 0.29) is 35.2 Å². The Balaban J connectivity index is 1.60. The molecule has 1 heterocycles. The van der Waals surface area contributed by atoms with E-state index in [0.29, 0.717) is 10.2 Å². The van der Waals surface area contributed by atoms with Gasteiger partial charge in [-0.05, 0) is 28.1 Å². The molecule has 2 aromatic rings. The molecule has 13 heteroatoms. The molecule has 0 saturated heterocycles. The number of non-ortho nitro benzene ring substituents is 1. The fraction of sp³-hybridized carbons (Fsp3) is 0.125. The van der Waals surface area contributed by atoms with Crippen molar-refractivity contribution in [1.29, 1.82) is 0 Å². The van der Waals surface area contributed by atoms with Crippen molar-refractivity contribution >= 4 is 39.4 Å². The zero-order chi connectivity index (χ0) is 21.0. The van der Waals surface area contributed by atoms with Gasteiger partial charge in [0.1, 0.15) is 5.75 Å². The van der Waals surface area contributed by atoms with Gasteiger partial charge in [-0.15, -0.1) is 0 Å². The molecule has 0 fully saturated rings. The smallest absolute Gasteiger partial charge is 0.282 e. The largest absolute Gasteiger partial charge is 0.483 e. The molecule has 12 nitrogen and oxygen atoms in total. The van der Waals surface area contributed by atoms with Crippen LogP contribution in [0.15, 0.2) is 39.9 Å². The molecule has 2 aromatic carbocycles. The van der Waals surface area contributed by atoms with E-state index in [4.69, 9.17) is 14.2 Å². The van der Waals surface area contributed by atoms with Gasteiger partial charge >= 0.3 is 0 Å². The van der Waals surface area contributed by atoms with E-state index < -0.39 is 22.4 Å². The molecule has 1 N–H and O–H groups in total. The molecule has 3 rings (SSSR count). The number of ether oxygens (including phenoxy) is 3. The van der Waals surface area contributed by atoms with Gasteiger partial charge in [-0.3, -0.25) is 25.0 Å². The molecule has 0 aliphatic carbocycles. The minimum absolute atomic E-state index is 0.0423. The van der Waals surface area contributed by atoms with Crippen molar-refractivity contribution in [3.63, 3.8) is 0 Å². The van der Waals surface area contributed by atoms with Crippen LogP contribution in [0.3, 0.4) is 0 Å². The SMILES string of the molecule is O=C(COc1ccc([N+](=O)[O-])cc1Br)N/N=C/c1cc2c(cc1[N+](=O)[O-])OCO2. The van der Waals surface area contributed by atoms with Crippen LogP contribution in [0.5, 0.6) is 17.2 Å². The number of nitro groups is 2. The van der Waals surface area contributed by atoms with Crippen molar-refractivity contribution in [3.05, 3.63) is 60.6 Å². The Morgan fingerprint density at radius 1 is 1.21 bits per heavy atom. The van der Waals surface area contributed by atoms with Gasteiger partial charge in [-0.2, -0.15) is 5.10 Å². The first-order chi connectivity index (χ1) is 13.8. The number of nitrogens with zero attached hydrogens (tertiary/aromatic N) is 3. The summed E-state index contributed by atoms with van der Waals surface area (Å²) in [5.74, 6) is 0.158. The summed E-state index contributed by atoms with van der Waals surface area (Å²) in [5.41, 5.74) is 1.88. The van der Waals surface area contributed by atoms with E-state index in [0.717, 1.165) is 6.21 Å². The average Bonchev–Trinajstić information content (AvgIpc) is 3.13. The van der Waals surface area contributed by atoms with Crippen LogP contribution >= 0.6 is 15.9 Å². The van der Waals surface area contributed by atoms with E-state index in [2.05, 4.69) is 26.5 Å². The summed E-state index contributed by atoms with van der Waals surface area (Å²) in [5, 5.41) is 25.5. The number of amides is 1. The normalized spacial score (nSPS) is 12.0. The number of hydrogen-bond acceptors (Lipinski definition) is 9. The first-order valence-electron chi connectivity index (χ1n) is 7.82. The van der Waals surface area contributed by atoms with Gasteiger partial charge in [-0.25, -0.2) is 5.43 Å². The molecule has 0 unspecified atom stereocenters. The number of nitro benzene ring substituents is 2. The van der Waals surface area contributed by atoms with Crippen molar-refractivity contribution in [2.45, 2.75) is 0 Å². The van der Waals surface area contributed by atoms with Crippen LogP contribution in [-0.2, 0) is 4.79 Å². The highest BCUT2D eigenvalue weighted by atomic mass is 79.9. The summed E-state index contributed by atoms with van der Waals surface area (Å²) < 4.78 is 15.8. The number of nitrogens with one attached hydrogen (secondary N) is 1. The van der Waals surface area contributed by atoms with Crippen molar-refractivity contribution in [1.82, 2.24) is 5.43 Å². The monoisotopic (exact) mass is 466 g/mol. The molecule has 0 saturated carbocycles. The van der Waals surface area contributed by atoms with E-state index in [9.17, 15) is 25.0 Å². The topological polar surface area (TPSA) is 155 Å². The van der Waals surface area contributed by atoms with Crippen LogP contribution in [-0.4, -0.2) is 35.4 Å². The minimum atomic E-state index is -0.644. The van der Waals surface area contributed by atoms with Gasteiger partial charge in [0.05, 0.1) is 32.2 Å². The highest BCUT2D eigenvalue weighted by molar-refractivity contribution is 9.10. The number of fused-ring (bicyclic) bond motifs is 1. The third-order valence-corrected chi connectivity index (χ3v) is 4.22. The predicted molar refractivity (Wildman–Crippen MR) is 101 cm³/mol. The van der Waals surface area contributed by atoms with Crippen molar-refractivity contribution in [2.75, 3.05) is 13.4 Å². The Labute approximate surface area is 170 Å². The quantitative estimate of drug-likeness (QED) is 0.370. The fourth-order valence-corrected chi connectivity index (χ4v) is 2.76. The van der Waals surface area contributed by atoms with Gasteiger partial charge < -0.3 is 14.2 Å². The number of carbonyl (C=O) groups excluding carboxylic acids is 1. The summed E-state index contributed by atoms with van der Waals surface area (Å²) in [4.78, 5) is 32.5. The minimum Gasteiger partial charge on any atom is -0.483 e. The van der Waals surface area contributed by atoms with E-state index >= 15 is 0 Å². The number of hydrogen-bond donors (Lipinski definition) is 1. The van der Waals surface area contributed by atoms with Crippen molar-refractivity contribution in [3.8, 4) is 17.2 Å². The van der Waals surface area contributed by atoms with Crippen molar-refractivity contribution in [2.24, 2.45) is 5.10 Å². The first kappa shape index (κ1) is 20.0. The molecule has 0 bridgehead atoms. The molecule has 0 atom stereocenters. The van der Waals surface area contributed by atoms with Gasteiger partial charge in [0, 0.05) is 12.1 Å². The summed E-state index contributed by atoms with van der Waals surface area (Å²) in [6.07, 6.45) is 1.10. The number of rotatable bonds is 7. The third kappa shape index (κ3) is 4.76. The Bertz CT molecular complexity index is 1030. The Kier molecular flexibility index (Phi) is 5.87. The lowest BCUT2D eigenvalue weighted by molar-refractivity contribution is -0.385. The second kappa shape index (κ2) is 8.52. The fourth-order valence-electron chi connectivity index (χ4n) is 2.28. The van der Waals surface area contributed by atoms with E-state index in [1.165, 1.54) is 30.3 Å². The Hall–Kier alpha value is -3.74. The summed E-state index contributed by atoms with van der Waals surface area (Å²) in [6, 6.07) is 6.40. The summed E-state index contributed by atoms with van der Waals surface area (Å²) in [7, 11) is 0. The summed E-state index contributed by atoms with van der Waals surface area (Å²) in [6.45, 7) is -0.476. The highest BCUT2D eigenvalue weighted by Crippen LogP contribution is 2.37. The van der Waals surface area contributed by atoms with E-state index in [1.807, 2.05) is 0 Å². The van der Waals surface area contributed by atoms with Gasteiger partial charge in [-0.1, -0.05) is 0 Å². The average molecular weight is 467 g/mol. The standard InChI is InChI=1S/C16H11BrN4O8/c17-11-4-10(20(23)24)1-2-13(11)27-7-16(22)19-18-6-9-3-14-15(29-8-28-14)5-12(9)21(25)26/h1-6H,7-8H2,(H,19,22)/b18-6+. The molecular formula is C16H11BrN4O8. The number of benzene rings is 2. The van der Waals surface area contributed by atoms with Gasteiger partial charge in [0.2, 0.25) is 6.79 Å². The zero-order valence-electron chi connectivity index (χ0n) is 14.4. The molecule has 1 aliphatic heterocycles. The third-order valence-electron chi connectivity index (χ3n) is 3.60. The molecule has 0 radical (unpaired) electrons. The highest BCUT2D eigenvalue weighted by Gasteiger charge is 2.22. The lowest BCUT2D eigenvalue weighted by Crippen LogP contribution is -2.24. The van der Waals surface area contributed by atoms with E-state index in [1.54, 1.807) is 0 Å². The van der Waals surface area contributed by atoms with Crippen LogP contribution < -0.4 is 19.6 Å². The molecule has 1 aliphatic rings. The maximum absolute atomic E-state index is 11.8. The second-order valence-electron chi connectivity index (χ2n) is 5.48. The molecule has 29 heavy (non-hydrogen) atoms. The summed E-state index contributed by atoms with van der Waals surface area (Å²) >= 11 is 3.12. The number of halogens is 1. The maximum atomic E-state index is 11.8. The molecule has 150 valence electrons. The van der Waals surface area contributed by atoms with Gasteiger partial charge in [0.15, 0.2) is 18.1 Å². The zero-order valence-corrected chi connectivity index (χ0v) is 15.9. The lowest BCUT2D eigenvalue weighted by Gasteiger charge is -2.07. The van der Waals surface area contributed by atoms with Crippen LogP contribution in [0.2, 0.25) is 0 Å². The Morgan fingerprint density at radius 2 is 1.93 bits per heavy atom. The molecule has 0 spiro atoms. The maximum Gasteiger partial charge on any atom is 0.282 e. The van der Waals surface area contributed by atoms with Crippen LogP contribution in [0.1, 0.15) is 5.56 Å². The lowest BCUT2D eigenvalue weighted by atomic mass is 10.1. The van der Waals surface area contributed by atoms with Crippen LogP contribution in [0, 0.1) is 20.2 Å².